The molecule has 2 aliphatic carbocycles. The molecule has 9 rings (SSSR count). The molecule has 0 aromatic heterocycles. The zero-order valence-corrected chi connectivity index (χ0v) is 39.6. The summed E-state index contributed by atoms with van der Waals surface area (Å²) < 4.78 is 46.8. The number of amides is 1. The summed E-state index contributed by atoms with van der Waals surface area (Å²) in [4.78, 5) is 46.4. The Kier molecular flexibility index (Phi) is 13.6. The molecule has 4 heterocycles. The number of thioether (sulfide) groups is 1. The van der Waals surface area contributed by atoms with E-state index in [9.17, 15) is 24.8 Å². The highest BCUT2D eigenvalue weighted by atomic mass is 32.2. The molecule has 0 spiro atoms. The minimum atomic E-state index is -2.16. The molecular formula is C51H56N4O12S. The summed E-state index contributed by atoms with van der Waals surface area (Å²) in [7, 11) is 5.08. The number of nitrogens with zero attached hydrogens (tertiary/aromatic N) is 3. The first kappa shape index (κ1) is 47.2. The number of piperazine rings is 1. The number of ether oxygens (including phenoxy) is 8. The lowest BCUT2D eigenvalue weighted by atomic mass is 9.65. The summed E-state index contributed by atoms with van der Waals surface area (Å²) in [6, 6.07) is 16.4. The third-order valence-electron chi connectivity index (χ3n) is 14.1. The number of likely N-dealkylation sites (N-methyl/N-ethyl adjacent to an activating group) is 1. The molecule has 17 heteroatoms. The van der Waals surface area contributed by atoms with Crippen molar-refractivity contribution in [3.63, 3.8) is 0 Å². The highest BCUT2D eigenvalue weighted by Gasteiger charge is 2.64. The normalized spacial score (nSPS) is 25.0. The van der Waals surface area contributed by atoms with Gasteiger partial charge >= 0.3 is 12.1 Å². The van der Waals surface area contributed by atoms with Crippen molar-refractivity contribution in [2.45, 2.75) is 74.5 Å². The minimum Gasteiger partial charge on any atom is -0.493 e. The van der Waals surface area contributed by atoms with E-state index < -0.39 is 66.3 Å². The van der Waals surface area contributed by atoms with Crippen LogP contribution in [0.3, 0.4) is 0 Å². The number of carbonyl (C=O) groups is 3. The lowest BCUT2D eigenvalue weighted by molar-refractivity contribution is -0.159. The van der Waals surface area contributed by atoms with E-state index in [1.165, 1.54) is 40.1 Å². The van der Waals surface area contributed by atoms with Crippen LogP contribution in [0, 0.1) is 18.3 Å². The molecule has 2 unspecified atom stereocenters. The van der Waals surface area contributed by atoms with E-state index in [0.717, 1.165) is 16.7 Å². The summed E-state index contributed by atoms with van der Waals surface area (Å²) in [6.45, 7) is 6.99. The number of Topliss-reactive ketones (excluding diaryl/α,β-unsaturated/α-hetero) is 1. The monoisotopic (exact) mass is 948 g/mol. The number of rotatable bonds is 17. The number of nitriles is 1. The molecule has 7 atom stereocenters. The van der Waals surface area contributed by atoms with Crippen LogP contribution < -0.4 is 14.8 Å². The Morgan fingerprint density at radius 2 is 1.76 bits per heavy atom. The van der Waals surface area contributed by atoms with Gasteiger partial charge in [0.05, 0.1) is 38.5 Å². The summed E-state index contributed by atoms with van der Waals surface area (Å²) in [5, 5.41) is 26.9. The van der Waals surface area contributed by atoms with Crippen LogP contribution in [0.15, 0.2) is 89.9 Å². The Labute approximate surface area is 399 Å². The number of alkyl carbamates (subject to hydrolysis) is 1. The van der Waals surface area contributed by atoms with Crippen molar-refractivity contribution < 1.29 is 57.4 Å². The number of esters is 1. The number of piperidine rings is 1. The number of benzene rings is 3. The van der Waals surface area contributed by atoms with Gasteiger partial charge in [-0.1, -0.05) is 67.3 Å². The predicted molar refractivity (Wildman–Crippen MR) is 250 cm³/mol. The zero-order chi connectivity index (χ0) is 47.9. The maximum atomic E-state index is 14.6. The molecule has 2 N–H and O–H groups in total. The van der Waals surface area contributed by atoms with E-state index in [4.69, 9.17) is 37.9 Å². The summed E-state index contributed by atoms with van der Waals surface area (Å²) >= 11 is 1.49. The highest BCUT2D eigenvalue weighted by molar-refractivity contribution is 7.99. The van der Waals surface area contributed by atoms with Crippen LogP contribution >= 0.6 is 11.8 Å². The van der Waals surface area contributed by atoms with Crippen molar-refractivity contribution >= 4 is 29.6 Å². The van der Waals surface area contributed by atoms with Crippen LogP contribution in [0.25, 0.3) is 11.1 Å². The minimum absolute atomic E-state index is 0.0490. The summed E-state index contributed by atoms with van der Waals surface area (Å²) in [5.41, 5.74) is 5.42. The number of fused-ring (bicyclic) bond motifs is 11. The summed E-state index contributed by atoms with van der Waals surface area (Å²) in [5.74, 6) is 0.749. The molecule has 358 valence electrons. The van der Waals surface area contributed by atoms with Gasteiger partial charge in [0.15, 0.2) is 41.2 Å². The Morgan fingerprint density at radius 3 is 2.46 bits per heavy atom. The number of methoxy groups -OCH3 is 2. The first-order valence-electron chi connectivity index (χ1n) is 22.7. The van der Waals surface area contributed by atoms with Gasteiger partial charge in [0.25, 0.3) is 0 Å². The first-order valence-corrected chi connectivity index (χ1v) is 23.9. The largest absolute Gasteiger partial charge is 0.493 e. The van der Waals surface area contributed by atoms with Gasteiger partial charge in [-0.3, -0.25) is 14.6 Å². The fraction of sp³-hybridized carbons (Fsp3) is 0.451. The molecule has 16 nitrogen and oxygen atoms in total. The fourth-order valence-corrected chi connectivity index (χ4v) is 12.4. The topological polar surface area (TPSA) is 188 Å². The molecule has 3 fully saturated rings. The second-order valence-corrected chi connectivity index (χ2v) is 18.8. The lowest BCUT2D eigenvalue weighted by Gasteiger charge is -2.62. The van der Waals surface area contributed by atoms with E-state index >= 15 is 0 Å². The molecular weight excluding hydrogens is 893 g/mol. The van der Waals surface area contributed by atoms with Gasteiger partial charge in [0, 0.05) is 59.7 Å². The van der Waals surface area contributed by atoms with Gasteiger partial charge in [-0.15, -0.1) is 0 Å². The Morgan fingerprint density at radius 1 is 1.04 bits per heavy atom. The molecule has 0 saturated carbocycles. The number of aliphatic hydroxyl groups is 1. The number of ketones is 1. The van der Waals surface area contributed by atoms with Crippen LogP contribution in [0.1, 0.15) is 53.1 Å². The molecule has 3 saturated heterocycles. The number of hydrogen-bond donors (Lipinski definition) is 2. The van der Waals surface area contributed by atoms with Crippen molar-refractivity contribution in [2.24, 2.45) is 0 Å². The van der Waals surface area contributed by atoms with E-state index in [2.05, 4.69) is 47.1 Å². The molecule has 6 aliphatic rings. The Bertz CT molecular complexity index is 2570. The fourth-order valence-electron chi connectivity index (χ4n) is 11.2. The molecule has 68 heavy (non-hydrogen) atoms. The van der Waals surface area contributed by atoms with Crippen LogP contribution in [-0.2, 0) is 44.4 Å². The number of carbonyl (C=O) groups excluding carboxylic acids is 3. The molecule has 4 aliphatic heterocycles. The third-order valence-corrected chi connectivity index (χ3v) is 15.2. The maximum Gasteiger partial charge on any atom is 0.408 e. The van der Waals surface area contributed by atoms with Crippen LogP contribution in [0.4, 0.5) is 4.79 Å². The van der Waals surface area contributed by atoms with Crippen molar-refractivity contribution in [3.8, 4) is 28.7 Å². The first-order chi connectivity index (χ1) is 33.0. The molecule has 1 amide bonds. The van der Waals surface area contributed by atoms with Crippen molar-refractivity contribution in [1.82, 2.24) is 15.1 Å². The van der Waals surface area contributed by atoms with E-state index in [1.807, 2.05) is 49.2 Å². The average Bonchev–Trinajstić information content (AvgIpc) is 3.95. The van der Waals surface area contributed by atoms with Crippen molar-refractivity contribution in [1.29, 1.82) is 5.26 Å². The van der Waals surface area contributed by atoms with Crippen molar-refractivity contribution in [3.05, 3.63) is 118 Å². The SMILES string of the molecule is C=CCOC(=O)N[C@H](CSCC1c2ccccc2-c2ccccc21)C(=O)OC[C@H]1C2=C3OCOC3=C(C)C(=O)C2(O)CC2[C@H]3c4c(cc(C)c(OC)c4OCOCCOC)C[C@@H]([C@H](C#N)N21)N3C. The second-order valence-electron chi connectivity index (χ2n) is 17.8. The summed E-state index contributed by atoms with van der Waals surface area (Å²) in [6.07, 6.45) is 0.886. The van der Waals surface area contributed by atoms with Gasteiger partial charge in [-0.05, 0) is 60.7 Å². The average molecular weight is 949 g/mol. The van der Waals surface area contributed by atoms with E-state index in [1.54, 1.807) is 21.1 Å². The van der Waals surface area contributed by atoms with Crippen molar-refractivity contribution in [2.75, 3.05) is 72.8 Å². The van der Waals surface area contributed by atoms with Crippen LogP contribution in [0.2, 0.25) is 0 Å². The van der Waals surface area contributed by atoms with Crippen LogP contribution in [-0.4, -0.2) is 141 Å². The second kappa shape index (κ2) is 19.6. The Hall–Kier alpha value is -5.87. The van der Waals surface area contributed by atoms with Gasteiger partial charge in [0.2, 0.25) is 6.79 Å². The van der Waals surface area contributed by atoms with Gasteiger partial charge < -0.3 is 48.3 Å². The van der Waals surface area contributed by atoms with E-state index in [0.29, 0.717) is 36.9 Å². The predicted octanol–water partition coefficient (Wildman–Crippen LogP) is 5.47. The molecule has 3 aromatic rings. The van der Waals surface area contributed by atoms with E-state index in [-0.39, 0.29) is 60.9 Å². The highest BCUT2D eigenvalue weighted by Crippen LogP contribution is 2.57. The molecule has 0 radical (unpaired) electrons. The van der Waals surface area contributed by atoms with Gasteiger partial charge in [-0.25, -0.2) is 9.59 Å². The smallest absolute Gasteiger partial charge is 0.408 e. The number of hydrogen-bond acceptors (Lipinski definition) is 16. The van der Waals surface area contributed by atoms with Gasteiger partial charge in [-0.2, -0.15) is 17.0 Å². The van der Waals surface area contributed by atoms with Crippen LogP contribution in [0.5, 0.6) is 11.5 Å². The van der Waals surface area contributed by atoms with Gasteiger partial charge in [0.1, 0.15) is 25.3 Å². The molecule has 2 bridgehead atoms. The maximum absolute atomic E-state index is 14.6. The lowest BCUT2D eigenvalue weighted by Crippen LogP contribution is -2.74. The molecule has 3 aromatic carbocycles. The number of nitrogens with one attached hydrogen (secondary N) is 1. The third kappa shape index (κ3) is 8.10. The zero-order valence-electron chi connectivity index (χ0n) is 38.8. The Balaban J connectivity index is 1.07. The number of aryl methyl sites for hydroxylation is 1. The standard InChI is InChI=1S/C51H56N4O12S/c1-7-16-63-50(58)53-36(25-68-24-35-33-14-10-8-12-31(33)32-13-9-11-15-34(32)35)49(57)64-23-40-42-47-45(66-27-67-47)29(3)48(56)51(42,59)21-38-43-41-30(20-37(54(43)4)39(22-52)55(38)40)19-28(2)44(61-6)46(41)65-26-62-18-17-60-5/h7-15,19,35-40,43,59H,1,16-18,20-21,23-27H2,2-6H3,(H,53,58)/t36-,37+,38?,39+,40+,43+,51?/m1/s1. The quantitative estimate of drug-likeness (QED) is 0.0751.